The summed E-state index contributed by atoms with van der Waals surface area (Å²) in [6.07, 6.45) is 3.73. The zero-order valence-corrected chi connectivity index (χ0v) is 16.1. The van der Waals surface area contributed by atoms with Crippen molar-refractivity contribution in [1.82, 2.24) is 4.90 Å². The predicted molar refractivity (Wildman–Crippen MR) is 110 cm³/mol. The fraction of sp³-hybridized carbons (Fsp3) is 0.391. The maximum Gasteiger partial charge on any atom is 0.303 e. The van der Waals surface area contributed by atoms with Gasteiger partial charge < -0.3 is 10.4 Å². The third kappa shape index (κ3) is 6.20. The van der Waals surface area contributed by atoms with Crippen LogP contribution in [0.25, 0.3) is 0 Å². The minimum absolute atomic E-state index is 0.0144. The Kier molecular flexibility index (Phi) is 7.20. The number of nitrogens with one attached hydrogen (secondary N) is 1. The maximum absolute atomic E-state index is 12.6. The average molecular weight is 380 g/mol. The number of benzene rings is 2. The fourth-order valence-corrected chi connectivity index (χ4v) is 3.86. The minimum atomic E-state index is -0.745. The van der Waals surface area contributed by atoms with Crippen molar-refractivity contribution < 1.29 is 14.7 Å². The van der Waals surface area contributed by atoms with Crippen molar-refractivity contribution in [3.8, 4) is 0 Å². The van der Waals surface area contributed by atoms with Crippen molar-refractivity contribution in [2.45, 2.75) is 32.1 Å². The van der Waals surface area contributed by atoms with Crippen LogP contribution in [-0.4, -0.2) is 41.5 Å². The van der Waals surface area contributed by atoms with Crippen molar-refractivity contribution in [2.75, 3.05) is 25.0 Å². The topological polar surface area (TPSA) is 69.6 Å². The van der Waals surface area contributed by atoms with Crippen LogP contribution in [0, 0.1) is 5.92 Å². The van der Waals surface area contributed by atoms with Crippen LogP contribution < -0.4 is 5.32 Å². The molecular formula is C23H28N2O3. The number of para-hydroxylation sites is 1. The number of rotatable bonds is 8. The first-order valence-electron chi connectivity index (χ1n) is 9.96. The maximum atomic E-state index is 12.6. The number of piperidine rings is 1. The Morgan fingerprint density at radius 2 is 1.82 bits per heavy atom. The van der Waals surface area contributed by atoms with Crippen molar-refractivity contribution in [3.05, 3.63) is 65.7 Å². The smallest absolute Gasteiger partial charge is 0.303 e. The fourth-order valence-electron chi connectivity index (χ4n) is 3.86. The highest BCUT2D eigenvalue weighted by atomic mass is 16.4. The molecule has 0 bridgehead atoms. The van der Waals surface area contributed by atoms with Gasteiger partial charge in [-0.05, 0) is 55.3 Å². The number of carbonyl (C=O) groups is 2. The largest absolute Gasteiger partial charge is 0.481 e. The van der Waals surface area contributed by atoms with Gasteiger partial charge in [0.05, 0.1) is 6.54 Å². The Balaban J connectivity index is 1.55. The molecule has 1 aliphatic heterocycles. The quantitative estimate of drug-likeness (QED) is 0.731. The van der Waals surface area contributed by atoms with Crippen molar-refractivity contribution in [2.24, 2.45) is 5.92 Å². The molecule has 28 heavy (non-hydrogen) atoms. The molecule has 1 saturated heterocycles. The van der Waals surface area contributed by atoms with Gasteiger partial charge in [0.15, 0.2) is 0 Å². The summed E-state index contributed by atoms with van der Waals surface area (Å²) >= 11 is 0. The molecule has 0 aliphatic carbocycles. The molecule has 1 heterocycles. The van der Waals surface area contributed by atoms with Gasteiger partial charge in [0.25, 0.3) is 0 Å². The summed E-state index contributed by atoms with van der Waals surface area (Å²) in [6.45, 7) is 2.04. The van der Waals surface area contributed by atoms with Crippen LogP contribution in [0.4, 0.5) is 5.69 Å². The number of hydrogen-bond acceptors (Lipinski definition) is 3. The number of carboxylic acids is 1. The van der Waals surface area contributed by atoms with Crippen LogP contribution in [0.5, 0.6) is 0 Å². The Labute approximate surface area is 166 Å². The molecule has 0 spiro atoms. The number of aliphatic carboxylic acids is 1. The standard InChI is InChI=1S/C23H28N2O3/c26-22(17-25-14-6-9-19(16-25)12-13-23(27)28)24-21-11-5-4-10-20(21)15-18-7-2-1-3-8-18/h1-5,7-8,10-11,19H,6,9,12-17H2,(H,24,26)(H,27,28). The Morgan fingerprint density at radius 1 is 1.07 bits per heavy atom. The Bertz CT molecular complexity index is 791. The number of anilines is 1. The molecule has 0 radical (unpaired) electrons. The van der Waals surface area contributed by atoms with Crippen molar-refractivity contribution in [1.29, 1.82) is 0 Å². The number of carboxylic acid groups (broad SMARTS) is 1. The van der Waals surface area contributed by atoms with Crippen LogP contribution in [0.3, 0.4) is 0 Å². The highest BCUT2D eigenvalue weighted by Gasteiger charge is 2.22. The first-order valence-corrected chi connectivity index (χ1v) is 9.96. The van der Waals surface area contributed by atoms with Gasteiger partial charge in [0, 0.05) is 18.7 Å². The molecule has 1 aliphatic rings. The van der Waals surface area contributed by atoms with E-state index in [1.54, 1.807) is 0 Å². The molecule has 5 heteroatoms. The second-order valence-electron chi connectivity index (χ2n) is 7.54. The normalized spacial score (nSPS) is 17.2. The third-order valence-corrected chi connectivity index (χ3v) is 5.27. The van der Waals surface area contributed by atoms with E-state index in [0.29, 0.717) is 18.9 Å². The van der Waals surface area contributed by atoms with Gasteiger partial charge in [-0.15, -0.1) is 0 Å². The summed E-state index contributed by atoms with van der Waals surface area (Å²) in [5.74, 6) is -0.396. The van der Waals surface area contributed by atoms with Gasteiger partial charge in [0.2, 0.25) is 5.91 Å². The third-order valence-electron chi connectivity index (χ3n) is 5.27. The van der Waals surface area contributed by atoms with E-state index in [4.69, 9.17) is 5.11 Å². The summed E-state index contributed by atoms with van der Waals surface area (Å²) in [4.78, 5) is 25.5. The molecule has 2 aromatic carbocycles. The first-order chi connectivity index (χ1) is 13.6. The van der Waals surface area contributed by atoms with Gasteiger partial charge in [-0.2, -0.15) is 0 Å². The summed E-state index contributed by atoms with van der Waals surface area (Å²) in [7, 11) is 0. The van der Waals surface area contributed by atoms with E-state index < -0.39 is 5.97 Å². The lowest BCUT2D eigenvalue weighted by Gasteiger charge is -2.32. The molecule has 2 aromatic rings. The molecule has 1 fully saturated rings. The Morgan fingerprint density at radius 3 is 2.61 bits per heavy atom. The molecule has 2 N–H and O–H groups in total. The second kappa shape index (κ2) is 10.0. The SMILES string of the molecule is O=C(O)CCC1CCCN(CC(=O)Nc2ccccc2Cc2ccccc2)C1. The van der Waals surface area contributed by atoms with Gasteiger partial charge in [0.1, 0.15) is 0 Å². The van der Waals surface area contributed by atoms with Gasteiger partial charge in [-0.25, -0.2) is 0 Å². The number of nitrogens with zero attached hydrogens (tertiary/aromatic N) is 1. The zero-order chi connectivity index (χ0) is 19.8. The van der Waals surface area contributed by atoms with E-state index >= 15 is 0 Å². The van der Waals surface area contributed by atoms with Crippen LogP contribution in [-0.2, 0) is 16.0 Å². The van der Waals surface area contributed by atoms with E-state index in [9.17, 15) is 9.59 Å². The number of likely N-dealkylation sites (tertiary alicyclic amines) is 1. The predicted octanol–water partition coefficient (Wildman–Crippen LogP) is 3.79. The van der Waals surface area contributed by atoms with Gasteiger partial charge in [-0.3, -0.25) is 14.5 Å². The van der Waals surface area contributed by atoms with E-state index in [1.807, 2.05) is 42.5 Å². The van der Waals surface area contributed by atoms with Crippen LogP contribution in [0.2, 0.25) is 0 Å². The average Bonchev–Trinajstić information content (AvgIpc) is 2.69. The zero-order valence-electron chi connectivity index (χ0n) is 16.1. The lowest BCUT2D eigenvalue weighted by atomic mass is 9.93. The first kappa shape index (κ1) is 20.1. The molecule has 5 nitrogen and oxygen atoms in total. The Hall–Kier alpha value is -2.66. The number of hydrogen-bond donors (Lipinski definition) is 2. The van der Waals surface area contributed by atoms with E-state index in [0.717, 1.165) is 43.6 Å². The summed E-state index contributed by atoms with van der Waals surface area (Å²) in [5, 5.41) is 11.9. The molecule has 1 atom stereocenters. The van der Waals surface area contributed by atoms with Crippen LogP contribution >= 0.6 is 0 Å². The monoisotopic (exact) mass is 380 g/mol. The molecule has 1 amide bonds. The minimum Gasteiger partial charge on any atom is -0.481 e. The second-order valence-corrected chi connectivity index (χ2v) is 7.54. The molecule has 0 aromatic heterocycles. The lowest BCUT2D eigenvalue weighted by molar-refractivity contribution is -0.137. The molecule has 0 saturated carbocycles. The van der Waals surface area contributed by atoms with Crippen LogP contribution in [0.1, 0.15) is 36.8 Å². The summed E-state index contributed by atoms with van der Waals surface area (Å²) in [6, 6.07) is 18.1. The highest BCUT2D eigenvalue weighted by molar-refractivity contribution is 5.93. The van der Waals surface area contributed by atoms with Crippen LogP contribution in [0.15, 0.2) is 54.6 Å². The molecular weight excluding hydrogens is 352 g/mol. The van der Waals surface area contributed by atoms with Crippen molar-refractivity contribution in [3.63, 3.8) is 0 Å². The van der Waals surface area contributed by atoms with E-state index in [-0.39, 0.29) is 12.3 Å². The van der Waals surface area contributed by atoms with Crippen molar-refractivity contribution >= 4 is 17.6 Å². The lowest BCUT2D eigenvalue weighted by Crippen LogP contribution is -2.40. The van der Waals surface area contributed by atoms with E-state index in [2.05, 4.69) is 22.3 Å². The van der Waals surface area contributed by atoms with Gasteiger partial charge >= 0.3 is 5.97 Å². The molecule has 3 rings (SSSR count). The molecule has 148 valence electrons. The number of amides is 1. The highest BCUT2D eigenvalue weighted by Crippen LogP contribution is 2.22. The summed E-state index contributed by atoms with van der Waals surface area (Å²) < 4.78 is 0. The number of carbonyl (C=O) groups excluding carboxylic acids is 1. The molecule has 1 unspecified atom stereocenters. The van der Waals surface area contributed by atoms with Gasteiger partial charge in [-0.1, -0.05) is 48.5 Å². The van der Waals surface area contributed by atoms with E-state index in [1.165, 1.54) is 5.56 Å². The summed E-state index contributed by atoms with van der Waals surface area (Å²) in [5.41, 5.74) is 3.16.